The van der Waals surface area contributed by atoms with Gasteiger partial charge in [0.2, 0.25) is 5.91 Å². The lowest BCUT2D eigenvalue weighted by Gasteiger charge is -2.10. The molecule has 2 amide bonds. The lowest BCUT2D eigenvalue weighted by molar-refractivity contribution is -0.113. The van der Waals surface area contributed by atoms with Crippen LogP contribution in [0.2, 0.25) is 0 Å². The van der Waals surface area contributed by atoms with Gasteiger partial charge in [-0.2, -0.15) is 5.26 Å². The van der Waals surface area contributed by atoms with Crippen LogP contribution in [-0.2, 0) is 4.79 Å². The van der Waals surface area contributed by atoms with E-state index in [-0.39, 0.29) is 17.6 Å². The molecule has 1 aromatic heterocycles. The van der Waals surface area contributed by atoms with E-state index < -0.39 is 0 Å². The predicted molar refractivity (Wildman–Crippen MR) is 124 cm³/mol. The van der Waals surface area contributed by atoms with Crippen molar-refractivity contribution in [2.45, 2.75) is 11.8 Å². The van der Waals surface area contributed by atoms with Crippen LogP contribution in [0.25, 0.3) is 11.1 Å². The third-order valence-corrected chi connectivity index (χ3v) is 5.59. The molecule has 158 valence electrons. The van der Waals surface area contributed by atoms with Crippen molar-refractivity contribution >= 4 is 46.1 Å². The topological polar surface area (TPSA) is 108 Å². The molecule has 0 aliphatic heterocycles. The van der Waals surface area contributed by atoms with Crippen molar-refractivity contribution in [3.63, 3.8) is 0 Å². The standard InChI is InChI=1S/C24H18N4O3S/c1-15-26-20-12-18(9-10-21(20)31-15)28-24(30)19-7-2-3-8-22(19)32-14-23(29)27-17-6-4-5-16(11-17)13-25/h2-12H,14H2,1H3,(H,27,29)(H,28,30). The SMILES string of the molecule is Cc1nc2cc(NC(=O)c3ccccc3SCC(=O)Nc3cccc(C#N)c3)ccc2o1. The second-order valence-electron chi connectivity index (χ2n) is 6.90. The highest BCUT2D eigenvalue weighted by atomic mass is 32.2. The third-order valence-electron chi connectivity index (χ3n) is 4.52. The van der Waals surface area contributed by atoms with Crippen molar-refractivity contribution in [2.75, 3.05) is 16.4 Å². The number of hydrogen-bond donors (Lipinski definition) is 2. The van der Waals surface area contributed by atoms with E-state index >= 15 is 0 Å². The minimum Gasteiger partial charge on any atom is -0.441 e. The molecule has 0 saturated carbocycles. The monoisotopic (exact) mass is 442 g/mol. The number of fused-ring (bicyclic) bond motifs is 1. The number of anilines is 2. The molecule has 0 aliphatic carbocycles. The second kappa shape index (κ2) is 9.37. The van der Waals surface area contributed by atoms with Gasteiger partial charge in [-0.15, -0.1) is 11.8 Å². The first-order valence-electron chi connectivity index (χ1n) is 9.72. The van der Waals surface area contributed by atoms with Crippen molar-refractivity contribution in [1.29, 1.82) is 5.26 Å². The molecule has 0 spiro atoms. The van der Waals surface area contributed by atoms with Crippen LogP contribution >= 0.6 is 11.8 Å². The zero-order valence-corrected chi connectivity index (χ0v) is 17.9. The summed E-state index contributed by atoms with van der Waals surface area (Å²) in [5, 5.41) is 14.6. The van der Waals surface area contributed by atoms with Crippen molar-refractivity contribution < 1.29 is 14.0 Å². The average molecular weight is 443 g/mol. The maximum Gasteiger partial charge on any atom is 0.256 e. The second-order valence-corrected chi connectivity index (χ2v) is 7.91. The summed E-state index contributed by atoms with van der Waals surface area (Å²) in [6.07, 6.45) is 0. The van der Waals surface area contributed by atoms with Crippen LogP contribution in [0.1, 0.15) is 21.8 Å². The molecule has 0 aliphatic rings. The van der Waals surface area contributed by atoms with E-state index in [1.165, 1.54) is 11.8 Å². The summed E-state index contributed by atoms with van der Waals surface area (Å²) >= 11 is 1.26. The molecule has 0 fully saturated rings. The van der Waals surface area contributed by atoms with Gasteiger partial charge in [-0.1, -0.05) is 18.2 Å². The highest BCUT2D eigenvalue weighted by Gasteiger charge is 2.14. The van der Waals surface area contributed by atoms with Crippen LogP contribution in [0.5, 0.6) is 0 Å². The van der Waals surface area contributed by atoms with E-state index in [0.717, 1.165) is 0 Å². The van der Waals surface area contributed by atoms with Gasteiger partial charge in [0.15, 0.2) is 11.5 Å². The van der Waals surface area contributed by atoms with Crippen LogP contribution < -0.4 is 10.6 Å². The van der Waals surface area contributed by atoms with Gasteiger partial charge >= 0.3 is 0 Å². The number of carbonyl (C=O) groups excluding carboxylic acids is 2. The molecule has 0 saturated heterocycles. The number of thioether (sulfide) groups is 1. The first-order chi connectivity index (χ1) is 15.5. The highest BCUT2D eigenvalue weighted by Crippen LogP contribution is 2.25. The minimum absolute atomic E-state index is 0.116. The smallest absolute Gasteiger partial charge is 0.256 e. The summed E-state index contributed by atoms with van der Waals surface area (Å²) in [7, 11) is 0. The number of benzene rings is 3. The molecular weight excluding hydrogens is 424 g/mol. The van der Waals surface area contributed by atoms with Crippen LogP contribution in [0.15, 0.2) is 76.0 Å². The van der Waals surface area contributed by atoms with E-state index in [9.17, 15) is 9.59 Å². The summed E-state index contributed by atoms with van der Waals surface area (Å²) < 4.78 is 5.46. The Labute approximate surface area is 188 Å². The van der Waals surface area contributed by atoms with Crippen molar-refractivity contribution in [3.05, 3.63) is 83.7 Å². The minimum atomic E-state index is -0.283. The Balaban J connectivity index is 1.42. The number of hydrogen-bond acceptors (Lipinski definition) is 6. The maximum absolute atomic E-state index is 12.9. The molecule has 3 aromatic carbocycles. The van der Waals surface area contributed by atoms with Crippen LogP contribution in [-0.4, -0.2) is 22.6 Å². The Morgan fingerprint density at radius 2 is 1.84 bits per heavy atom. The molecule has 0 radical (unpaired) electrons. The average Bonchev–Trinajstić information content (AvgIpc) is 3.17. The molecule has 4 rings (SSSR count). The first-order valence-corrected chi connectivity index (χ1v) is 10.7. The number of nitriles is 1. The summed E-state index contributed by atoms with van der Waals surface area (Å²) in [4.78, 5) is 30.2. The van der Waals surface area contributed by atoms with Crippen molar-refractivity contribution in [3.8, 4) is 6.07 Å². The summed E-state index contributed by atoms with van der Waals surface area (Å²) in [6.45, 7) is 1.77. The van der Waals surface area contributed by atoms with Crippen LogP contribution in [0.3, 0.4) is 0 Å². The van der Waals surface area contributed by atoms with E-state index in [2.05, 4.69) is 15.6 Å². The molecule has 4 aromatic rings. The number of aryl methyl sites for hydroxylation is 1. The Bertz CT molecular complexity index is 1360. The Morgan fingerprint density at radius 1 is 1.03 bits per heavy atom. The molecule has 2 N–H and O–H groups in total. The van der Waals surface area contributed by atoms with Gasteiger partial charge in [0.05, 0.1) is 22.9 Å². The zero-order chi connectivity index (χ0) is 22.5. The Hall–Kier alpha value is -4.09. The fourth-order valence-corrected chi connectivity index (χ4v) is 3.96. The number of rotatable bonds is 6. The largest absolute Gasteiger partial charge is 0.441 e. The Kier molecular flexibility index (Phi) is 6.19. The number of nitrogens with one attached hydrogen (secondary N) is 2. The van der Waals surface area contributed by atoms with Gasteiger partial charge in [0.1, 0.15) is 5.52 Å². The number of nitrogens with zero attached hydrogens (tertiary/aromatic N) is 2. The fourth-order valence-electron chi connectivity index (χ4n) is 3.11. The van der Waals surface area contributed by atoms with E-state index in [0.29, 0.717) is 44.4 Å². The third kappa shape index (κ3) is 4.96. The van der Waals surface area contributed by atoms with Gasteiger partial charge < -0.3 is 15.1 Å². The molecular formula is C24H18N4O3S. The zero-order valence-electron chi connectivity index (χ0n) is 17.1. The fraction of sp³-hybridized carbons (Fsp3) is 0.0833. The van der Waals surface area contributed by atoms with Gasteiger partial charge in [-0.25, -0.2) is 4.98 Å². The molecule has 1 heterocycles. The molecule has 0 atom stereocenters. The normalized spacial score (nSPS) is 10.5. The number of oxazole rings is 1. The van der Waals surface area contributed by atoms with Gasteiger partial charge in [-0.3, -0.25) is 9.59 Å². The molecule has 8 heteroatoms. The summed E-state index contributed by atoms with van der Waals surface area (Å²) in [5.41, 5.74) is 3.41. The van der Waals surface area contributed by atoms with Crippen LogP contribution in [0, 0.1) is 18.3 Å². The molecule has 0 bridgehead atoms. The van der Waals surface area contributed by atoms with Crippen molar-refractivity contribution in [2.24, 2.45) is 0 Å². The van der Waals surface area contributed by atoms with Crippen molar-refractivity contribution in [1.82, 2.24) is 4.98 Å². The van der Waals surface area contributed by atoms with E-state index in [4.69, 9.17) is 9.68 Å². The van der Waals surface area contributed by atoms with Gasteiger partial charge in [0, 0.05) is 23.2 Å². The summed E-state index contributed by atoms with van der Waals surface area (Å²) in [5.74, 6) is 0.162. The van der Waals surface area contributed by atoms with Gasteiger partial charge in [-0.05, 0) is 48.5 Å². The first kappa shape index (κ1) is 21.2. The quantitative estimate of drug-likeness (QED) is 0.407. The van der Waals surface area contributed by atoms with Crippen LogP contribution in [0.4, 0.5) is 11.4 Å². The molecule has 32 heavy (non-hydrogen) atoms. The Morgan fingerprint density at radius 3 is 2.69 bits per heavy atom. The van der Waals surface area contributed by atoms with Gasteiger partial charge in [0.25, 0.3) is 5.91 Å². The number of carbonyl (C=O) groups is 2. The lowest BCUT2D eigenvalue weighted by Crippen LogP contribution is -2.16. The maximum atomic E-state index is 12.9. The number of amides is 2. The predicted octanol–water partition coefficient (Wildman–Crippen LogP) is 4.99. The lowest BCUT2D eigenvalue weighted by atomic mass is 10.2. The summed E-state index contributed by atoms with van der Waals surface area (Å²) in [6, 6.07) is 21.1. The van der Waals surface area contributed by atoms with E-state index in [1.54, 1.807) is 67.6 Å². The van der Waals surface area contributed by atoms with E-state index in [1.807, 2.05) is 12.1 Å². The highest BCUT2D eigenvalue weighted by molar-refractivity contribution is 8.00. The molecule has 7 nitrogen and oxygen atoms in total. The molecule has 0 unspecified atom stereocenters. The number of aromatic nitrogens is 1.